The molecule has 0 aromatic heterocycles. The predicted molar refractivity (Wildman–Crippen MR) is 87.9 cm³/mol. The quantitative estimate of drug-likeness (QED) is 0.879. The van der Waals surface area contributed by atoms with Gasteiger partial charge in [-0.1, -0.05) is 17.7 Å². The zero-order valence-corrected chi connectivity index (χ0v) is 13.1. The summed E-state index contributed by atoms with van der Waals surface area (Å²) in [7, 11) is 0. The van der Waals surface area contributed by atoms with Gasteiger partial charge in [0, 0.05) is 18.3 Å². The van der Waals surface area contributed by atoms with Crippen LogP contribution in [-0.4, -0.2) is 12.6 Å². The Hall–Kier alpha value is -1.58. The Labute approximate surface area is 130 Å². The Bertz CT molecular complexity index is 596. The van der Waals surface area contributed by atoms with Crippen molar-refractivity contribution in [3.05, 3.63) is 58.9 Å². The molecule has 1 atom stereocenters. The van der Waals surface area contributed by atoms with E-state index in [-0.39, 0.29) is 11.9 Å². The third-order valence-corrected chi connectivity index (χ3v) is 3.62. The van der Waals surface area contributed by atoms with E-state index < -0.39 is 0 Å². The molecule has 2 aromatic carbocycles. The summed E-state index contributed by atoms with van der Waals surface area (Å²) in [6, 6.07) is 12.5. The van der Waals surface area contributed by atoms with E-state index in [1.165, 1.54) is 12.1 Å². The fraction of sp³-hybridized carbons (Fsp3) is 0.294. The van der Waals surface area contributed by atoms with Gasteiger partial charge in [-0.25, -0.2) is 4.39 Å². The lowest BCUT2D eigenvalue weighted by Gasteiger charge is -2.25. The van der Waals surface area contributed by atoms with Gasteiger partial charge in [0.25, 0.3) is 0 Å². The molecule has 2 N–H and O–H groups in total. The van der Waals surface area contributed by atoms with Crippen LogP contribution >= 0.6 is 11.6 Å². The fourth-order valence-corrected chi connectivity index (χ4v) is 2.69. The summed E-state index contributed by atoms with van der Waals surface area (Å²) in [6.45, 7) is 4.76. The average molecular weight is 307 g/mol. The maximum Gasteiger partial charge on any atom is 0.123 e. The Morgan fingerprint density at radius 3 is 2.38 bits per heavy atom. The Morgan fingerprint density at radius 1 is 1.19 bits per heavy atom. The van der Waals surface area contributed by atoms with E-state index in [9.17, 15) is 4.39 Å². The van der Waals surface area contributed by atoms with Crippen molar-refractivity contribution in [2.24, 2.45) is 5.73 Å². The lowest BCUT2D eigenvalue weighted by molar-refractivity contribution is 0.628. The van der Waals surface area contributed by atoms with Gasteiger partial charge < -0.3 is 10.6 Å². The van der Waals surface area contributed by atoms with Crippen LogP contribution in [0.1, 0.15) is 19.4 Å². The molecule has 0 spiro atoms. The van der Waals surface area contributed by atoms with Crippen molar-refractivity contribution in [3.63, 3.8) is 0 Å². The first-order valence-electron chi connectivity index (χ1n) is 7.08. The topological polar surface area (TPSA) is 29.3 Å². The van der Waals surface area contributed by atoms with Gasteiger partial charge in [0.05, 0.1) is 10.7 Å². The highest BCUT2D eigenvalue weighted by atomic mass is 35.5. The number of rotatable bonds is 5. The van der Waals surface area contributed by atoms with Gasteiger partial charge in [-0.05, 0) is 62.2 Å². The Kier molecular flexibility index (Phi) is 5.21. The van der Waals surface area contributed by atoms with Crippen molar-refractivity contribution < 1.29 is 4.39 Å². The summed E-state index contributed by atoms with van der Waals surface area (Å²) in [4.78, 5) is 2.05. The third kappa shape index (κ3) is 3.96. The largest absolute Gasteiger partial charge is 0.341 e. The second-order valence-corrected chi connectivity index (χ2v) is 5.60. The van der Waals surface area contributed by atoms with E-state index in [0.717, 1.165) is 29.9 Å². The smallest absolute Gasteiger partial charge is 0.123 e. The monoisotopic (exact) mass is 306 g/mol. The minimum atomic E-state index is -0.242. The summed E-state index contributed by atoms with van der Waals surface area (Å²) < 4.78 is 13.1. The molecule has 0 bridgehead atoms. The molecule has 4 heteroatoms. The van der Waals surface area contributed by atoms with Gasteiger partial charge in [-0.3, -0.25) is 0 Å². The van der Waals surface area contributed by atoms with Crippen LogP contribution in [0.2, 0.25) is 5.02 Å². The first-order chi connectivity index (χ1) is 10.0. The van der Waals surface area contributed by atoms with Crippen molar-refractivity contribution in [1.29, 1.82) is 0 Å². The summed E-state index contributed by atoms with van der Waals surface area (Å²) >= 11 is 6.41. The van der Waals surface area contributed by atoms with Crippen LogP contribution in [0.5, 0.6) is 0 Å². The van der Waals surface area contributed by atoms with Crippen molar-refractivity contribution in [2.45, 2.75) is 26.3 Å². The highest BCUT2D eigenvalue weighted by Crippen LogP contribution is 2.32. The normalized spacial score (nSPS) is 12.2. The molecule has 0 radical (unpaired) electrons. The number of benzene rings is 2. The fourth-order valence-electron chi connectivity index (χ4n) is 2.38. The first-order valence-corrected chi connectivity index (χ1v) is 7.46. The van der Waals surface area contributed by atoms with Crippen molar-refractivity contribution >= 4 is 23.0 Å². The van der Waals surface area contributed by atoms with Gasteiger partial charge in [-0.2, -0.15) is 0 Å². The van der Waals surface area contributed by atoms with Crippen LogP contribution < -0.4 is 10.6 Å². The standard InChI is InChI=1S/C17H20ClFN2/c1-3-21(15-7-5-14(19)6-8-15)17-9-4-13(10-12(2)20)11-16(17)18/h4-9,11-12H,3,10,20H2,1-2H3. The summed E-state index contributed by atoms with van der Waals surface area (Å²) in [5.41, 5.74) is 8.77. The van der Waals surface area contributed by atoms with Crippen molar-refractivity contribution in [3.8, 4) is 0 Å². The lowest BCUT2D eigenvalue weighted by Crippen LogP contribution is -2.19. The number of hydrogen-bond acceptors (Lipinski definition) is 2. The Morgan fingerprint density at radius 2 is 1.86 bits per heavy atom. The highest BCUT2D eigenvalue weighted by Gasteiger charge is 2.12. The summed E-state index contributed by atoms with van der Waals surface area (Å²) in [6.07, 6.45) is 0.794. The second kappa shape index (κ2) is 6.92. The highest BCUT2D eigenvalue weighted by molar-refractivity contribution is 6.33. The SMILES string of the molecule is CCN(c1ccc(F)cc1)c1ccc(CC(C)N)cc1Cl. The van der Waals surface area contributed by atoms with Crippen LogP contribution in [-0.2, 0) is 6.42 Å². The summed E-state index contributed by atoms with van der Waals surface area (Å²) in [5.74, 6) is -0.242. The molecule has 2 rings (SSSR count). The van der Waals surface area contributed by atoms with Crippen molar-refractivity contribution in [2.75, 3.05) is 11.4 Å². The van der Waals surface area contributed by atoms with E-state index >= 15 is 0 Å². The first kappa shape index (κ1) is 15.8. The average Bonchev–Trinajstić information content (AvgIpc) is 2.43. The molecule has 0 amide bonds. The third-order valence-electron chi connectivity index (χ3n) is 3.32. The number of halogens is 2. The number of hydrogen-bond donors (Lipinski definition) is 1. The Balaban J connectivity index is 2.32. The molecular formula is C17H20ClFN2. The molecule has 2 aromatic rings. The van der Waals surface area contributed by atoms with E-state index in [4.69, 9.17) is 17.3 Å². The van der Waals surface area contributed by atoms with Gasteiger partial charge >= 0.3 is 0 Å². The molecule has 0 heterocycles. The van der Waals surface area contributed by atoms with E-state index in [0.29, 0.717) is 5.02 Å². The van der Waals surface area contributed by atoms with Gasteiger partial charge in [0.15, 0.2) is 0 Å². The zero-order chi connectivity index (χ0) is 15.4. The molecule has 0 aliphatic carbocycles. The molecule has 0 saturated heterocycles. The van der Waals surface area contributed by atoms with E-state index in [1.807, 2.05) is 32.0 Å². The lowest BCUT2D eigenvalue weighted by atomic mass is 10.1. The van der Waals surface area contributed by atoms with Crippen LogP contribution in [0.25, 0.3) is 0 Å². The van der Waals surface area contributed by atoms with E-state index in [1.54, 1.807) is 12.1 Å². The van der Waals surface area contributed by atoms with Crippen molar-refractivity contribution in [1.82, 2.24) is 0 Å². The van der Waals surface area contributed by atoms with Crippen LogP contribution in [0.3, 0.4) is 0 Å². The molecule has 0 fully saturated rings. The number of nitrogens with two attached hydrogens (primary N) is 1. The number of nitrogens with zero attached hydrogens (tertiary/aromatic N) is 1. The molecule has 0 saturated carbocycles. The maximum atomic E-state index is 13.1. The molecular weight excluding hydrogens is 287 g/mol. The minimum Gasteiger partial charge on any atom is -0.341 e. The van der Waals surface area contributed by atoms with Gasteiger partial charge in [0.1, 0.15) is 5.82 Å². The van der Waals surface area contributed by atoms with Crippen LogP contribution in [0.4, 0.5) is 15.8 Å². The maximum absolute atomic E-state index is 13.1. The molecule has 0 aliphatic rings. The summed E-state index contributed by atoms with van der Waals surface area (Å²) in [5, 5.41) is 0.680. The molecule has 2 nitrogen and oxygen atoms in total. The van der Waals surface area contributed by atoms with E-state index in [2.05, 4.69) is 4.90 Å². The van der Waals surface area contributed by atoms with Gasteiger partial charge in [-0.15, -0.1) is 0 Å². The second-order valence-electron chi connectivity index (χ2n) is 5.19. The zero-order valence-electron chi connectivity index (χ0n) is 12.3. The van der Waals surface area contributed by atoms with Gasteiger partial charge in [0.2, 0.25) is 0 Å². The van der Waals surface area contributed by atoms with Crippen LogP contribution in [0.15, 0.2) is 42.5 Å². The minimum absolute atomic E-state index is 0.103. The molecule has 1 unspecified atom stereocenters. The number of anilines is 2. The molecule has 0 aliphatic heterocycles. The van der Waals surface area contributed by atoms with Crippen LogP contribution in [0, 0.1) is 5.82 Å². The molecule has 112 valence electrons. The molecule has 21 heavy (non-hydrogen) atoms. The predicted octanol–water partition coefficient (Wildman–Crippen LogP) is 4.53.